The van der Waals surface area contributed by atoms with Gasteiger partial charge in [0.1, 0.15) is 24.5 Å². The summed E-state index contributed by atoms with van der Waals surface area (Å²) in [5.74, 6) is -4.00. The van der Waals surface area contributed by atoms with Crippen LogP contribution >= 0.6 is 0 Å². The summed E-state index contributed by atoms with van der Waals surface area (Å²) in [5, 5.41) is 23.4. The molecule has 0 bridgehead atoms. The van der Waals surface area contributed by atoms with Gasteiger partial charge in [0.25, 0.3) is 5.56 Å². The highest BCUT2D eigenvalue weighted by atomic mass is 19.1. The number of hydrogen-bond acceptors (Lipinski definition) is 19. The number of nitrogens with zero attached hydrogens (tertiary/aromatic N) is 3. The van der Waals surface area contributed by atoms with Gasteiger partial charge in [-0.05, 0) is 67.7 Å². The van der Waals surface area contributed by atoms with Crippen molar-refractivity contribution in [2.24, 2.45) is 17.8 Å². The molecule has 87 heavy (non-hydrogen) atoms. The smallest absolute Gasteiger partial charge is 0.343 e. The minimum absolute atomic E-state index is 0.0180. The number of carbonyl (C=O) groups is 7. The van der Waals surface area contributed by atoms with E-state index in [0.29, 0.717) is 144 Å². The number of carbonyl (C=O) groups excluding carboxylic acids is 7. The van der Waals surface area contributed by atoms with Crippen molar-refractivity contribution < 1.29 is 85.7 Å². The number of aryl methyl sites for hydroxylation is 1. The largest absolute Gasteiger partial charge is 0.458 e. The first-order valence-electron chi connectivity index (χ1n) is 30.2. The number of pyridine rings is 2. The van der Waals surface area contributed by atoms with Gasteiger partial charge in [-0.15, -0.1) is 0 Å². The lowest BCUT2D eigenvalue weighted by Gasteiger charge is -2.31. The molecule has 1 aliphatic carbocycles. The number of aromatic nitrogens is 2. The van der Waals surface area contributed by atoms with Gasteiger partial charge in [0.05, 0.1) is 141 Å². The molecule has 4 aliphatic rings. The number of nitrogens with one attached hydrogen (secondary N) is 4. The Morgan fingerprint density at radius 1 is 0.747 bits per heavy atom. The number of aliphatic hydroxyl groups is 1. The van der Waals surface area contributed by atoms with Crippen molar-refractivity contribution in [3.63, 3.8) is 0 Å². The Balaban J connectivity index is 0.687. The molecule has 2 aromatic heterocycles. The van der Waals surface area contributed by atoms with Crippen LogP contribution in [0.25, 0.3) is 22.3 Å². The van der Waals surface area contributed by atoms with Crippen LogP contribution in [-0.2, 0) is 101 Å². The molecule has 3 aromatic rings. The monoisotopic (exact) mass is 1220 g/mol. The Kier molecular flexibility index (Phi) is 25.6. The molecule has 0 spiro atoms. The third-order valence-electron chi connectivity index (χ3n) is 16.0. The van der Waals surface area contributed by atoms with Crippen molar-refractivity contribution in [2.45, 2.75) is 124 Å². The number of rotatable bonds is 38. The molecule has 25 nitrogen and oxygen atoms in total. The van der Waals surface area contributed by atoms with E-state index in [4.69, 9.17) is 47.6 Å². The van der Waals surface area contributed by atoms with E-state index in [1.54, 1.807) is 40.7 Å². The quantitative estimate of drug-likeness (QED) is 0.0244. The molecule has 3 aliphatic heterocycles. The lowest BCUT2D eigenvalue weighted by atomic mass is 9.81. The van der Waals surface area contributed by atoms with Crippen LogP contribution in [-0.4, -0.2) is 192 Å². The Hall–Kier alpha value is -6.36. The first-order chi connectivity index (χ1) is 41.8. The molecule has 6 amide bonds. The summed E-state index contributed by atoms with van der Waals surface area (Å²) in [6.45, 7) is 17.9. The Morgan fingerprint density at radius 3 is 1.87 bits per heavy atom. The summed E-state index contributed by atoms with van der Waals surface area (Å²) < 4.78 is 66.3. The average molecular weight is 1220 g/mol. The predicted octanol–water partition coefficient (Wildman–Crippen LogP) is 2.34. The molecular weight excluding hydrogens is 1140 g/mol. The molecule has 5 N–H and O–H groups in total. The van der Waals surface area contributed by atoms with E-state index in [-0.39, 0.29) is 112 Å². The Bertz CT molecular complexity index is 2990. The summed E-state index contributed by atoms with van der Waals surface area (Å²) in [6.07, 6.45) is 1.01. The van der Waals surface area contributed by atoms with Crippen molar-refractivity contribution in [1.82, 2.24) is 35.7 Å². The Morgan fingerprint density at radius 2 is 1.32 bits per heavy atom. The van der Waals surface area contributed by atoms with Crippen LogP contribution in [0.1, 0.15) is 113 Å². The van der Waals surface area contributed by atoms with Crippen LogP contribution < -0.4 is 26.8 Å². The summed E-state index contributed by atoms with van der Waals surface area (Å²) in [4.78, 5) is 110. The first-order valence-corrected chi connectivity index (χ1v) is 30.2. The maximum atomic E-state index is 15.5. The second-order valence-corrected chi connectivity index (χ2v) is 22.6. The van der Waals surface area contributed by atoms with Gasteiger partial charge in [0.2, 0.25) is 35.4 Å². The van der Waals surface area contributed by atoms with Gasteiger partial charge in [0.15, 0.2) is 5.60 Å². The van der Waals surface area contributed by atoms with Gasteiger partial charge in [-0.2, -0.15) is 0 Å². The first kappa shape index (κ1) is 68.1. The molecule has 5 atom stereocenters. The van der Waals surface area contributed by atoms with Gasteiger partial charge >= 0.3 is 5.97 Å². The zero-order valence-corrected chi connectivity index (χ0v) is 51.1. The number of cyclic esters (lactones) is 1. The van der Waals surface area contributed by atoms with Gasteiger partial charge in [-0.25, -0.2) is 14.2 Å². The van der Waals surface area contributed by atoms with Crippen molar-refractivity contribution >= 4 is 52.3 Å². The number of imide groups is 1. The van der Waals surface area contributed by atoms with E-state index in [0.717, 1.165) is 5.56 Å². The molecule has 1 unspecified atom stereocenters. The zero-order chi connectivity index (χ0) is 62.8. The SMILES string of the molecule is CC[C@@]1(O)C(=O)OCc2c1cc1n(c2=O)Cc2c-1nc1cc(F)c(C)c3c1c2[C@@H](NC(=O)[C@H](C)NC(=O)[C@@H](NC(=O)CCOCCOCCOCCOCCOCCOCCOCCOCCNC(=O)CCN1C(=O)CC(C(C)C)C1=O)C(C)C)CC3. The number of benzene rings is 1. The van der Waals surface area contributed by atoms with E-state index in [1.165, 1.54) is 15.5 Å². The number of esters is 1. The molecule has 7 rings (SSSR count). The third-order valence-corrected chi connectivity index (χ3v) is 16.0. The topological polar surface area (TPSA) is 309 Å². The normalized spacial score (nSPS) is 18.4. The van der Waals surface area contributed by atoms with Crippen LogP contribution in [0, 0.1) is 30.5 Å². The Labute approximate surface area is 505 Å². The van der Waals surface area contributed by atoms with Crippen LogP contribution in [0.15, 0.2) is 16.9 Å². The number of ether oxygens (including phenoxy) is 9. The highest BCUT2D eigenvalue weighted by molar-refractivity contribution is 6.04. The number of halogens is 1. The van der Waals surface area contributed by atoms with E-state index in [9.17, 15) is 43.5 Å². The van der Waals surface area contributed by atoms with Gasteiger partial charge in [-0.3, -0.25) is 38.5 Å². The van der Waals surface area contributed by atoms with Crippen LogP contribution in [0.2, 0.25) is 0 Å². The van der Waals surface area contributed by atoms with Gasteiger partial charge < -0.3 is 73.6 Å². The minimum Gasteiger partial charge on any atom is -0.458 e. The summed E-state index contributed by atoms with van der Waals surface area (Å²) in [6, 6.07) is 0.297. The maximum absolute atomic E-state index is 15.5. The number of fused-ring (bicyclic) bond motifs is 5. The number of hydrogen-bond donors (Lipinski definition) is 5. The lowest BCUT2D eigenvalue weighted by Crippen LogP contribution is -2.55. The molecule has 1 aromatic carbocycles. The van der Waals surface area contributed by atoms with Crippen LogP contribution in [0.4, 0.5) is 4.39 Å². The van der Waals surface area contributed by atoms with Crippen molar-refractivity contribution in [2.75, 3.05) is 119 Å². The molecule has 26 heteroatoms. The number of amides is 6. The lowest BCUT2D eigenvalue weighted by molar-refractivity contribution is -0.172. The van der Waals surface area contributed by atoms with E-state index >= 15 is 4.39 Å². The molecule has 5 heterocycles. The third kappa shape index (κ3) is 17.5. The van der Waals surface area contributed by atoms with E-state index in [2.05, 4.69) is 21.3 Å². The molecular formula is C61H86FN7O18. The van der Waals surface area contributed by atoms with E-state index in [1.807, 2.05) is 13.8 Å². The fourth-order valence-corrected chi connectivity index (χ4v) is 11.0. The molecule has 1 fully saturated rings. The van der Waals surface area contributed by atoms with Gasteiger partial charge in [-0.1, -0.05) is 34.6 Å². The predicted molar refractivity (Wildman–Crippen MR) is 311 cm³/mol. The minimum atomic E-state index is -2.04. The molecule has 0 saturated carbocycles. The fourth-order valence-electron chi connectivity index (χ4n) is 11.0. The second kappa shape index (κ2) is 32.7. The number of likely N-dealkylation sites (tertiary alicyclic amines) is 1. The van der Waals surface area contributed by atoms with Crippen molar-refractivity contribution in [1.29, 1.82) is 0 Å². The summed E-state index contributed by atoms with van der Waals surface area (Å²) in [5.41, 5.74) is 1.36. The average Bonchev–Trinajstić information content (AvgIpc) is 1.67. The summed E-state index contributed by atoms with van der Waals surface area (Å²) >= 11 is 0. The molecule has 0 radical (unpaired) electrons. The van der Waals surface area contributed by atoms with Crippen molar-refractivity contribution in [3.05, 3.63) is 61.7 Å². The van der Waals surface area contributed by atoms with Crippen LogP contribution in [0.5, 0.6) is 0 Å². The highest BCUT2D eigenvalue weighted by Gasteiger charge is 2.46. The standard InChI is InChI=1S/C61H86FN7O18/c1-8-61(78)44-32-48-55-42(34-69(48)59(76)43(44)35-87-60(61)77)53-46(10-9-40-38(6)45(62)33-47(65-55)52(40)53)66-56(73)39(7)64-57(74)54(37(4)5)67-50(71)12-15-79-17-19-81-21-23-83-25-27-85-29-30-86-28-26-84-24-22-82-20-18-80-16-13-63-49(70)11-14-68-51(72)31-41(36(2)3)58(68)75/h32-33,36-37,39,41,46,54,78H,8-31,34-35H2,1-7H3,(H,63,70)(H,64,74)(H,66,73)(H,67,71)/t39-,41?,46-,54-,61-/m0/s1. The van der Waals surface area contributed by atoms with Gasteiger partial charge in [0, 0.05) is 60.8 Å². The highest BCUT2D eigenvalue weighted by Crippen LogP contribution is 2.46. The molecule has 480 valence electrons. The van der Waals surface area contributed by atoms with E-state index < -0.39 is 58.8 Å². The molecule has 1 saturated heterocycles. The maximum Gasteiger partial charge on any atom is 0.343 e. The zero-order valence-electron chi connectivity index (χ0n) is 51.1. The summed E-state index contributed by atoms with van der Waals surface area (Å²) in [7, 11) is 0. The fraction of sp³-hybridized carbons (Fsp3) is 0.656. The van der Waals surface area contributed by atoms with Crippen LogP contribution in [0.3, 0.4) is 0 Å². The second-order valence-electron chi connectivity index (χ2n) is 22.6. The van der Waals surface area contributed by atoms with Crippen molar-refractivity contribution in [3.8, 4) is 11.4 Å².